The van der Waals surface area contributed by atoms with Gasteiger partial charge in [-0.1, -0.05) is 19.0 Å². The molecule has 0 radical (unpaired) electrons. The summed E-state index contributed by atoms with van der Waals surface area (Å²) in [7, 11) is 0. The van der Waals surface area contributed by atoms with E-state index < -0.39 is 17.8 Å². The number of nitrogens with one attached hydrogen (secondary N) is 1. The predicted octanol–water partition coefficient (Wildman–Crippen LogP) is 3.59. The first-order valence-electron chi connectivity index (χ1n) is 10.8. The molecule has 2 fully saturated rings. The highest BCUT2D eigenvalue weighted by atomic mass is 19.1. The van der Waals surface area contributed by atoms with Crippen LogP contribution in [0.1, 0.15) is 51.8 Å². The largest absolute Gasteiger partial charge is 0.339 e. The Bertz CT molecular complexity index is 1030. The van der Waals surface area contributed by atoms with Gasteiger partial charge in [-0.05, 0) is 49.4 Å². The molecule has 2 aliphatic rings. The van der Waals surface area contributed by atoms with Crippen molar-refractivity contribution in [3.05, 3.63) is 36.0 Å². The minimum Gasteiger partial charge on any atom is -0.339 e. The van der Waals surface area contributed by atoms with Gasteiger partial charge in [0.1, 0.15) is 18.0 Å². The molecule has 2 aromatic rings. The minimum atomic E-state index is -1.15. The van der Waals surface area contributed by atoms with E-state index in [2.05, 4.69) is 36.2 Å². The fourth-order valence-corrected chi connectivity index (χ4v) is 4.90. The lowest BCUT2D eigenvalue weighted by Crippen LogP contribution is -2.55. The Hall–Kier alpha value is -2.86. The van der Waals surface area contributed by atoms with E-state index in [1.807, 2.05) is 6.07 Å². The van der Waals surface area contributed by atoms with Gasteiger partial charge in [0, 0.05) is 23.4 Å². The molecular formula is C23H27F2N5O2. The van der Waals surface area contributed by atoms with Gasteiger partial charge < -0.3 is 14.7 Å². The monoisotopic (exact) mass is 443 g/mol. The van der Waals surface area contributed by atoms with Gasteiger partial charge in [-0.3, -0.25) is 4.79 Å². The lowest BCUT2D eigenvalue weighted by atomic mass is 9.71. The number of carbonyl (C=O) groups is 1. The van der Waals surface area contributed by atoms with Crippen LogP contribution in [0.15, 0.2) is 28.8 Å². The quantitative estimate of drug-likeness (QED) is 0.759. The molecule has 1 aromatic heterocycles. The first-order valence-corrected chi connectivity index (χ1v) is 10.8. The zero-order valence-electron chi connectivity index (χ0n) is 18.4. The zero-order valence-corrected chi connectivity index (χ0v) is 18.4. The first-order chi connectivity index (χ1) is 15.1. The summed E-state index contributed by atoms with van der Waals surface area (Å²) >= 11 is 0. The number of alkyl halides is 1. The highest BCUT2D eigenvalue weighted by Crippen LogP contribution is 2.54. The molecule has 2 heterocycles. The summed E-state index contributed by atoms with van der Waals surface area (Å²) < 4.78 is 32.5. The Balaban J connectivity index is 1.45. The van der Waals surface area contributed by atoms with Crippen LogP contribution in [0.3, 0.4) is 0 Å². The number of aromatic nitrogens is 2. The molecular weight excluding hydrogens is 416 g/mol. The van der Waals surface area contributed by atoms with Gasteiger partial charge >= 0.3 is 0 Å². The van der Waals surface area contributed by atoms with Crippen molar-refractivity contribution in [1.29, 1.82) is 5.26 Å². The van der Waals surface area contributed by atoms with Crippen molar-refractivity contribution in [2.75, 3.05) is 13.1 Å². The van der Waals surface area contributed by atoms with Gasteiger partial charge in [0.15, 0.2) is 0 Å². The second kappa shape index (κ2) is 8.24. The number of halogens is 2. The van der Waals surface area contributed by atoms with Crippen LogP contribution in [0.4, 0.5) is 8.78 Å². The molecule has 1 aliphatic heterocycles. The van der Waals surface area contributed by atoms with Crippen LogP contribution < -0.4 is 5.32 Å². The number of nitriles is 1. The Kier molecular flexibility index (Phi) is 5.76. The Morgan fingerprint density at radius 2 is 2.06 bits per heavy atom. The number of amides is 1. The number of hydrogen-bond donors (Lipinski definition) is 1. The summed E-state index contributed by atoms with van der Waals surface area (Å²) in [6.45, 7) is 6.24. The summed E-state index contributed by atoms with van der Waals surface area (Å²) in [6.07, 6.45) is 0.479. The third-order valence-electron chi connectivity index (χ3n) is 7.42. The Labute approximate surface area is 185 Å². The molecule has 4 atom stereocenters. The van der Waals surface area contributed by atoms with E-state index in [1.165, 1.54) is 17.0 Å². The molecule has 4 rings (SSSR count). The third kappa shape index (κ3) is 3.88. The molecule has 1 saturated carbocycles. The van der Waals surface area contributed by atoms with Crippen LogP contribution in [-0.4, -0.2) is 51.8 Å². The van der Waals surface area contributed by atoms with Gasteiger partial charge in [-0.2, -0.15) is 10.2 Å². The molecule has 1 aromatic carbocycles. The van der Waals surface area contributed by atoms with Crippen LogP contribution in [0.25, 0.3) is 11.4 Å². The molecule has 1 amide bonds. The number of benzene rings is 1. The van der Waals surface area contributed by atoms with Crippen LogP contribution >= 0.6 is 0 Å². The number of likely N-dealkylation sites (tertiary alicyclic amines) is 1. The summed E-state index contributed by atoms with van der Waals surface area (Å²) in [6, 6.07) is 7.23. The molecule has 0 bridgehead atoms. The SMILES string of the molecule is CC1(C)[C@@H](c2nc(-c3ccc(F)cc3)no2)CC[C@@]1(C)NCC(=O)N1C[C@@H](F)C[C@H]1C#N. The summed E-state index contributed by atoms with van der Waals surface area (Å²) in [4.78, 5) is 18.6. The van der Waals surface area contributed by atoms with Crippen molar-refractivity contribution in [3.8, 4) is 17.5 Å². The van der Waals surface area contributed by atoms with E-state index in [-0.39, 0.29) is 42.6 Å². The Morgan fingerprint density at radius 1 is 1.34 bits per heavy atom. The molecule has 32 heavy (non-hydrogen) atoms. The second-order valence-corrected chi connectivity index (χ2v) is 9.49. The van der Waals surface area contributed by atoms with Crippen molar-refractivity contribution in [3.63, 3.8) is 0 Å². The van der Waals surface area contributed by atoms with Gasteiger partial charge in [-0.25, -0.2) is 8.78 Å². The van der Waals surface area contributed by atoms with Crippen LogP contribution in [0.5, 0.6) is 0 Å². The number of rotatable bonds is 5. The average molecular weight is 443 g/mol. The van der Waals surface area contributed by atoms with E-state index in [4.69, 9.17) is 4.52 Å². The zero-order chi connectivity index (χ0) is 23.1. The molecule has 1 N–H and O–H groups in total. The van der Waals surface area contributed by atoms with Gasteiger partial charge in [-0.15, -0.1) is 0 Å². The van der Waals surface area contributed by atoms with Gasteiger partial charge in [0.2, 0.25) is 17.6 Å². The molecule has 9 heteroatoms. The maximum atomic E-state index is 13.7. The summed E-state index contributed by atoms with van der Waals surface area (Å²) in [5.74, 6) is 0.280. The minimum absolute atomic E-state index is 0.0300. The number of nitrogens with zero attached hydrogens (tertiary/aromatic N) is 4. The summed E-state index contributed by atoms with van der Waals surface area (Å²) in [5, 5.41) is 16.6. The van der Waals surface area contributed by atoms with E-state index in [9.17, 15) is 18.8 Å². The summed E-state index contributed by atoms with van der Waals surface area (Å²) in [5.41, 5.74) is -0.0655. The van der Waals surface area contributed by atoms with Crippen molar-refractivity contribution in [1.82, 2.24) is 20.4 Å². The average Bonchev–Trinajstić information content (AvgIpc) is 3.44. The molecule has 7 nitrogen and oxygen atoms in total. The molecule has 1 aliphatic carbocycles. The molecule has 0 unspecified atom stereocenters. The highest BCUT2D eigenvalue weighted by molar-refractivity contribution is 5.79. The van der Waals surface area contributed by atoms with Crippen molar-refractivity contribution >= 4 is 5.91 Å². The van der Waals surface area contributed by atoms with Crippen molar-refractivity contribution in [2.45, 2.75) is 63.7 Å². The standard InChI is InChI=1S/C23H27F2N5O2/c1-22(2)18(21-28-20(29-32-21)14-4-6-15(24)7-5-14)8-9-23(22,3)27-12-19(31)30-13-16(25)10-17(30)11-26/h4-7,16-18,27H,8-10,12-13H2,1-3H3/t16-,17-,18+,23+/m0/s1. The second-order valence-electron chi connectivity index (χ2n) is 9.49. The highest BCUT2D eigenvalue weighted by Gasteiger charge is 2.54. The van der Waals surface area contributed by atoms with E-state index in [1.54, 1.807) is 12.1 Å². The van der Waals surface area contributed by atoms with Crippen LogP contribution in [-0.2, 0) is 4.79 Å². The van der Waals surface area contributed by atoms with E-state index in [0.29, 0.717) is 17.3 Å². The smallest absolute Gasteiger partial charge is 0.237 e. The van der Waals surface area contributed by atoms with Crippen molar-refractivity contribution in [2.24, 2.45) is 5.41 Å². The molecule has 0 spiro atoms. The van der Waals surface area contributed by atoms with Gasteiger partial charge in [0.05, 0.1) is 19.2 Å². The topological polar surface area (TPSA) is 95.1 Å². The lowest BCUT2D eigenvalue weighted by Gasteiger charge is -2.41. The maximum Gasteiger partial charge on any atom is 0.237 e. The maximum absolute atomic E-state index is 13.7. The Morgan fingerprint density at radius 3 is 2.75 bits per heavy atom. The first kappa shape index (κ1) is 22.3. The normalized spacial score (nSPS) is 29.2. The fraction of sp³-hybridized carbons (Fsp3) is 0.565. The van der Waals surface area contributed by atoms with E-state index in [0.717, 1.165) is 12.8 Å². The third-order valence-corrected chi connectivity index (χ3v) is 7.42. The number of hydrogen-bond acceptors (Lipinski definition) is 6. The lowest BCUT2D eigenvalue weighted by molar-refractivity contribution is -0.131. The van der Waals surface area contributed by atoms with Crippen LogP contribution in [0, 0.1) is 22.6 Å². The molecule has 170 valence electrons. The van der Waals surface area contributed by atoms with Crippen LogP contribution in [0.2, 0.25) is 0 Å². The fourth-order valence-electron chi connectivity index (χ4n) is 4.90. The van der Waals surface area contributed by atoms with Gasteiger partial charge in [0.25, 0.3) is 0 Å². The number of carbonyl (C=O) groups excluding carboxylic acids is 1. The predicted molar refractivity (Wildman–Crippen MR) is 112 cm³/mol. The van der Waals surface area contributed by atoms with E-state index >= 15 is 0 Å². The molecule has 1 saturated heterocycles. The van der Waals surface area contributed by atoms with Crippen molar-refractivity contribution < 1.29 is 18.1 Å².